The van der Waals surface area contributed by atoms with E-state index in [1.807, 2.05) is 32.0 Å². The van der Waals surface area contributed by atoms with Crippen molar-refractivity contribution < 1.29 is 14.3 Å². The number of nitrogens with one attached hydrogen (secondary N) is 1. The summed E-state index contributed by atoms with van der Waals surface area (Å²) in [5.41, 5.74) is 2.80. The predicted molar refractivity (Wildman–Crippen MR) is 118 cm³/mol. The third kappa shape index (κ3) is 7.72. The van der Waals surface area contributed by atoms with Crippen LogP contribution in [0.2, 0.25) is 0 Å². The van der Waals surface area contributed by atoms with Crippen molar-refractivity contribution in [3.8, 4) is 0 Å². The van der Waals surface area contributed by atoms with Gasteiger partial charge in [0.1, 0.15) is 6.10 Å². The monoisotopic (exact) mass is 395 g/mol. The van der Waals surface area contributed by atoms with Gasteiger partial charge in [0.25, 0.3) is 5.91 Å². The van der Waals surface area contributed by atoms with E-state index in [1.54, 1.807) is 30.3 Å². The molecular formula is C25H33NO3. The van der Waals surface area contributed by atoms with Gasteiger partial charge in [0.05, 0.1) is 5.56 Å². The van der Waals surface area contributed by atoms with Crippen LogP contribution in [0, 0.1) is 6.92 Å². The van der Waals surface area contributed by atoms with E-state index >= 15 is 0 Å². The number of aryl methyl sites for hydroxylation is 1. The molecule has 4 heteroatoms. The summed E-state index contributed by atoms with van der Waals surface area (Å²) in [4.78, 5) is 24.8. The van der Waals surface area contributed by atoms with E-state index in [0.29, 0.717) is 16.8 Å². The summed E-state index contributed by atoms with van der Waals surface area (Å²) in [6.45, 7) is 6.20. The number of ether oxygens (including phenoxy) is 1. The van der Waals surface area contributed by atoms with Crippen molar-refractivity contribution >= 4 is 17.6 Å². The maximum absolute atomic E-state index is 12.4. The summed E-state index contributed by atoms with van der Waals surface area (Å²) in [5, 5.41) is 2.86. The Kier molecular flexibility index (Phi) is 9.42. The van der Waals surface area contributed by atoms with E-state index in [-0.39, 0.29) is 18.0 Å². The molecule has 156 valence electrons. The Morgan fingerprint density at radius 2 is 1.66 bits per heavy atom. The summed E-state index contributed by atoms with van der Waals surface area (Å²) < 4.78 is 5.67. The van der Waals surface area contributed by atoms with Gasteiger partial charge in [-0.1, -0.05) is 57.2 Å². The molecule has 1 atom stereocenters. The van der Waals surface area contributed by atoms with Crippen LogP contribution in [0.4, 0.5) is 5.69 Å². The first-order valence-corrected chi connectivity index (χ1v) is 10.7. The minimum absolute atomic E-state index is 0.0372. The zero-order chi connectivity index (χ0) is 21.1. The highest BCUT2D eigenvalue weighted by Gasteiger charge is 2.15. The number of rotatable bonds is 11. The number of hydrogen-bond donors (Lipinski definition) is 1. The van der Waals surface area contributed by atoms with E-state index in [9.17, 15) is 9.59 Å². The van der Waals surface area contributed by atoms with Gasteiger partial charge >= 0.3 is 5.97 Å². The summed E-state index contributed by atoms with van der Waals surface area (Å²) in [6, 6.07) is 14.3. The molecule has 0 aliphatic carbocycles. The van der Waals surface area contributed by atoms with Gasteiger partial charge in [-0.3, -0.25) is 4.79 Å². The second kappa shape index (κ2) is 12.1. The van der Waals surface area contributed by atoms with E-state index < -0.39 is 0 Å². The third-order valence-electron chi connectivity index (χ3n) is 5.02. The Balaban J connectivity index is 1.86. The van der Waals surface area contributed by atoms with Gasteiger partial charge < -0.3 is 10.1 Å². The Bertz CT molecular complexity index is 783. The minimum atomic E-state index is -0.304. The van der Waals surface area contributed by atoms with Crippen LogP contribution < -0.4 is 5.32 Å². The quantitative estimate of drug-likeness (QED) is 0.347. The number of unbranched alkanes of at least 4 members (excludes halogenated alkanes) is 4. The molecule has 0 unspecified atom stereocenters. The second-order valence-electron chi connectivity index (χ2n) is 7.54. The van der Waals surface area contributed by atoms with E-state index in [0.717, 1.165) is 24.8 Å². The van der Waals surface area contributed by atoms with Gasteiger partial charge in [0, 0.05) is 11.3 Å². The Morgan fingerprint density at radius 1 is 0.931 bits per heavy atom. The van der Waals surface area contributed by atoms with Crippen LogP contribution in [-0.2, 0) is 4.74 Å². The molecule has 1 N–H and O–H groups in total. The predicted octanol–water partition coefficient (Wildman–Crippen LogP) is 6.54. The number of anilines is 1. The molecule has 29 heavy (non-hydrogen) atoms. The highest BCUT2D eigenvalue weighted by atomic mass is 16.5. The van der Waals surface area contributed by atoms with Crippen LogP contribution in [0.15, 0.2) is 48.5 Å². The number of hydrogen-bond acceptors (Lipinski definition) is 3. The van der Waals surface area contributed by atoms with E-state index in [2.05, 4.69) is 12.2 Å². The molecule has 0 saturated carbocycles. The van der Waals surface area contributed by atoms with Crippen molar-refractivity contribution in [3.63, 3.8) is 0 Å². The molecule has 2 aromatic rings. The molecule has 0 aromatic heterocycles. The van der Waals surface area contributed by atoms with Crippen molar-refractivity contribution in [3.05, 3.63) is 65.2 Å². The molecule has 0 saturated heterocycles. The lowest BCUT2D eigenvalue weighted by molar-refractivity contribution is 0.0267. The zero-order valence-electron chi connectivity index (χ0n) is 17.9. The fourth-order valence-corrected chi connectivity index (χ4v) is 3.22. The van der Waals surface area contributed by atoms with E-state index in [4.69, 9.17) is 4.74 Å². The largest absolute Gasteiger partial charge is 0.459 e. The van der Waals surface area contributed by atoms with Gasteiger partial charge in [0.15, 0.2) is 0 Å². The van der Waals surface area contributed by atoms with Crippen molar-refractivity contribution in [1.82, 2.24) is 0 Å². The molecule has 2 aromatic carbocycles. The maximum Gasteiger partial charge on any atom is 0.338 e. The van der Waals surface area contributed by atoms with Gasteiger partial charge in [-0.15, -0.1) is 0 Å². The smallest absolute Gasteiger partial charge is 0.338 e. The average Bonchev–Trinajstić information content (AvgIpc) is 2.73. The molecule has 0 heterocycles. The van der Waals surface area contributed by atoms with Crippen molar-refractivity contribution in [2.75, 3.05) is 5.32 Å². The molecule has 2 rings (SSSR count). The first-order valence-electron chi connectivity index (χ1n) is 10.7. The molecule has 0 aliphatic heterocycles. The first kappa shape index (κ1) is 22.7. The van der Waals surface area contributed by atoms with Gasteiger partial charge in [0.2, 0.25) is 0 Å². The summed E-state index contributed by atoms with van der Waals surface area (Å²) >= 11 is 0. The van der Waals surface area contributed by atoms with E-state index in [1.165, 1.54) is 25.7 Å². The standard InChI is InChI=1S/C25H33NO3/c1-4-6-7-8-9-13-23(5-2)29-25(28)20-14-16-22(17-15-20)26-24(27)21-12-10-11-19(3)18-21/h10-12,14-18,23H,4-9,13H2,1-3H3,(H,26,27)/t23-/m0/s1. The van der Waals surface area contributed by atoms with Crippen molar-refractivity contribution in [2.45, 2.75) is 71.8 Å². The Hall–Kier alpha value is -2.62. The molecular weight excluding hydrogens is 362 g/mol. The first-order chi connectivity index (χ1) is 14.0. The number of carbonyl (C=O) groups excluding carboxylic acids is 2. The normalized spacial score (nSPS) is 11.7. The number of benzene rings is 2. The highest BCUT2D eigenvalue weighted by Crippen LogP contribution is 2.16. The van der Waals surface area contributed by atoms with Gasteiger partial charge in [-0.25, -0.2) is 4.79 Å². The van der Waals surface area contributed by atoms with Crippen molar-refractivity contribution in [2.24, 2.45) is 0 Å². The molecule has 0 radical (unpaired) electrons. The minimum Gasteiger partial charge on any atom is -0.459 e. The number of esters is 1. The molecule has 0 spiro atoms. The zero-order valence-corrected chi connectivity index (χ0v) is 17.9. The van der Waals surface area contributed by atoms with Crippen LogP contribution in [0.5, 0.6) is 0 Å². The highest BCUT2D eigenvalue weighted by molar-refractivity contribution is 6.04. The molecule has 4 nitrogen and oxygen atoms in total. The van der Waals surface area contributed by atoms with Crippen LogP contribution in [0.25, 0.3) is 0 Å². The number of carbonyl (C=O) groups is 2. The lowest BCUT2D eigenvalue weighted by atomic mass is 10.1. The Morgan fingerprint density at radius 3 is 2.31 bits per heavy atom. The maximum atomic E-state index is 12.4. The fourth-order valence-electron chi connectivity index (χ4n) is 3.22. The van der Waals surface area contributed by atoms with Crippen LogP contribution in [-0.4, -0.2) is 18.0 Å². The third-order valence-corrected chi connectivity index (χ3v) is 5.02. The van der Waals surface area contributed by atoms with Crippen LogP contribution in [0.3, 0.4) is 0 Å². The number of amides is 1. The molecule has 0 bridgehead atoms. The summed E-state index contributed by atoms with van der Waals surface area (Å²) in [5.74, 6) is -0.472. The molecule has 0 fully saturated rings. The fraction of sp³-hybridized carbons (Fsp3) is 0.440. The summed E-state index contributed by atoms with van der Waals surface area (Å²) in [6.07, 6.45) is 7.73. The lowest BCUT2D eigenvalue weighted by Gasteiger charge is -2.16. The Labute approximate surface area is 174 Å². The molecule has 1 amide bonds. The van der Waals surface area contributed by atoms with Crippen molar-refractivity contribution in [1.29, 1.82) is 0 Å². The van der Waals surface area contributed by atoms with Crippen LogP contribution in [0.1, 0.15) is 85.1 Å². The second-order valence-corrected chi connectivity index (χ2v) is 7.54. The van der Waals surface area contributed by atoms with Crippen LogP contribution >= 0.6 is 0 Å². The summed E-state index contributed by atoms with van der Waals surface area (Å²) in [7, 11) is 0. The lowest BCUT2D eigenvalue weighted by Crippen LogP contribution is -2.18. The average molecular weight is 396 g/mol. The van der Waals surface area contributed by atoms with Gasteiger partial charge in [-0.05, 0) is 62.6 Å². The SMILES string of the molecule is CCCCCCC[C@H](CC)OC(=O)c1ccc(NC(=O)c2cccc(C)c2)cc1. The topological polar surface area (TPSA) is 55.4 Å². The van der Waals surface area contributed by atoms with Gasteiger partial charge in [-0.2, -0.15) is 0 Å². The molecule has 0 aliphatic rings.